The van der Waals surface area contributed by atoms with Crippen molar-refractivity contribution in [3.05, 3.63) is 53.6 Å². The largest absolute Gasteiger partial charge is 0.500 e. The fraction of sp³-hybridized carbons (Fsp3) is 0.455. The van der Waals surface area contributed by atoms with Gasteiger partial charge in [-0.25, -0.2) is 0 Å². The second kappa shape index (κ2) is 9.51. The number of anilines is 1. The third-order valence-corrected chi connectivity index (χ3v) is 8.07. The molecule has 1 aliphatic rings. The van der Waals surface area contributed by atoms with Crippen LogP contribution in [0.3, 0.4) is 0 Å². The molecule has 0 aliphatic heterocycles. The van der Waals surface area contributed by atoms with Crippen molar-refractivity contribution in [3.63, 3.8) is 0 Å². The monoisotopic (exact) mass is 385 g/mol. The van der Waals surface area contributed by atoms with E-state index >= 15 is 0 Å². The quantitative estimate of drug-likeness (QED) is 0.368. The fourth-order valence-corrected chi connectivity index (χ4v) is 6.46. The van der Waals surface area contributed by atoms with E-state index in [1.165, 1.54) is 27.9 Å². The topological polar surface area (TPSA) is 39.7 Å². The van der Waals surface area contributed by atoms with Crippen molar-refractivity contribution in [3.8, 4) is 11.1 Å². The van der Waals surface area contributed by atoms with Gasteiger partial charge in [-0.05, 0) is 55.5 Å². The second-order valence-corrected chi connectivity index (χ2v) is 9.41. The lowest BCUT2D eigenvalue weighted by molar-refractivity contribution is 0.0710. The van der Waals surface area contributed by atoms with Crippen molar-refractivity contribution in [2.24, 2.45) is 0 Å². The Morgan fingerprint density at radius 1 is 0.852 bits per heavy atom. The van der Waals surface area contributed by atoms with Gasteiger partial charge in [0.15, 0.2) is 0 Å². The summed E-state index contributed by atoms with van der Waals surface area (Å²) in [4.78, 5) is 0. The smallest absolute Gasteiger partial charge is 0.385 e. The fourth-order valence-electron chi connectivity index (χ4n) is 3.85. The van der Waals surface area contributed by atoms with Gasteiger partial charge < -0.3 is 18.6 Å². The molecule has 0 atom stereocenters. The van der Waals surface area contributed by atoms with E-state index in [-0.39, 0.29) is 0 Å². The number of rotatable bonds is 11. The molecule has 2 aromatic carbocycles. The van der Waals surface area contributed by atoms with Gasteiger partial charge in [-0.3, -0.25) is 0 Å². The van der Waals surface area contributed by atoms with E-state index in [1.54, 1.807) is 0 Å². The maximum Gasteiger partial charge on any atom is 0.500 e. The highest BCUT2D eigenvalue weighted by atomic mass is 28.4. The summed E-state index contributed by atoms with van der Waals surface area (Å²) in [6.45, 7) is 8.78. The molecule has 1 aliphatic carbocycles. The maximum atomic E-state index is 5.95. The van der Waals surface area contributed by atoms with Crippen molar-refractivity contribution in [1.29, 1.82) is 0 Å². The van der Waals surface area contributed by atoms with Gasteiger partial charge >= 0.3 is 8.80 Å². The van der Waals surface area contributed by atoms with E-state index < -0.39 is 8.80 Å². The third kappa shape index (κ3) is 4.61. The van der Waals surface area contributed by atoms with Crippen LogP contribution in [-0.4, -0.2) is 35.2 Å². The predicted molar refractivity (Wildman–Crippen MR) is 113 cm³/mol. The van der Waals surface area contributed by atoms with Crippen LogP contribution >= 0.6 is 0 Å². The van der Waals surface area contributed by atoms with Gasteiger partial charge in [0.1, 0.15) is 0 Å². The van der Waals surface area contributed by atoms with Crippen LogP contribution in [0.1, 0.15) is 38.3 Å². The highest BCUT2D eigenvalue weighted by Gasteiger charge is 2.39. The van der Waals surface area contributed by atoms with Crippen LogP contribution in [0, 0.1) is 0 Å². The average molecular weight is 386 g/mol. The SMILES string of the molecule is CCO[Si](CCCNc1cccc2c1Cc1ccccc1-2)(OCC)OCC. The number of benzene rings is 2. The first-order chi connectivity index (χ1) is 13.2. The van der Waals surface area contributed by atoms with Gasteiger partial charge in [0.2, 0.25) is 0 Å². The summed E-state index contributed by atoms with van der Waals surface area (Å²) in [5.41, 5.74) is 6.78. The Morgan fingerprint density at radius 3 is 2.22 bits per heavy atom. The molecule has 0 unspecified atom stereocenters. The summed E-state index contributed by atoms with van der Waals surface area (Å²) in [7, 11) is -2.55. The van der Waals surface area contributed by atoms with E-state index in [1.807, 2.05) is 20.8 Å². The van der Waals surface area contributed by atoms with Crippen LogP contribution in [0.4, 0.5) is 5.69 Å². The first-order valence-corrected chi connectivity index (χ1v) is 12.0. The molecule has 0 amide bonds. The molecule has 146 valence electrons. The Morgan fingerprint density at radius 2 is 1.52 bits per heavy atom. The Labute approximate surface area is 164 Å². The Hall–Kier alpha value is -1.66. The number of fused-ring (bicyclic) bond motifs is 3. The lowest BCUT2D eigenvalue weighted by Gasteiger charge is -2.28. The number of nitrogens with one attached hydrogen (secondary N) is 1. The summed E-state index contributed by atoms with van der Waals surface area (Å²) < 4.78 is 17.8. The summed E-state index contributed by atoms with van der Waals surface area (Å²) in [6.07, 6.45) is 1.97. The first-order valence-electron chi connectivity index (χ1n) is 10.1. The van der Waals surface area contributed by atoms with Crippen molar-refractivity contribution in [2.75, 3.05) is 31.7 Å². The molecule has 1 N–H and O–H groups in total. The molecule has 3 rings (SSSR count). The van der Waals surface area contributed by atoms with E-state index in [4.69, 9.17) is 13.3 Å². The van der Waals surface area contributed by atoms with Crippen molar-refractivity contribution >= 4 is 14.5 Å². The Kier molecular flexibility index (Phi) is 7.07. The van der Waals surface area contributed by atoms with Gasteiger partial charge in [0.25, 0.3) is 0 Å². The second-order valence-electron chi connectivity index (χ2n) is 6.68. The lowest BCUT2D eigenvalue weighted by Crippen LogP contribution is -2.46. The summed E-state index contributed by atoms with van der Waals surface area (Å²) in [5, 5.41) is 3.63. The number of hydrogen-bond donors (Lipinski definition) is 1. The molecule has 0 fully saturated rings. The summed E-state index contributed by atoms with van der Waals surface area (Å²) in [6, 6.07) is 16.1. The van der Waals surface area contributed by atoms with Crippen LogP contribution in [-0.2, 0) is 19.7 Å². The molecule has 0 spiro atoms. The Bertz CT molecular complexity index is 733. The van der Waals surface area contributed by atoms with Crippen molar-refractivity contribution in [1.82, 2.24) is 0 Å². The molecule has 0 aromatic heterocycles. The first kappa shape index (κ1) is 20.1. The molecule has 4 nitrogen and oxygen atoms in total. The predicted octanol–water partition coefficient (Wildman–Crippen LogP) is 5.11. The van der Waals surface area contributed by atoms with E-state index in [0.717, 1.165) is 25.4 Å². The van der Waals surface area contributed by atoms with Crippen LogP contribution in [0.5, 0.6) is 0 Å². The summed E-state index contributed by atoms with van der Waals surface area (Å²) in [5.74, 6) is 0. The molecule has 0 heterocycles. The molecule has 2 aromatic rings. The highest BCUT2D eigenvalue weighted by Crippen LogP contribution is 2.39. The minimum Gasteiger partial charge on any atom is -0.385 e. The van der Waals surface area contributed by atoms with Crippen LogP contribution < -0.4 is 5.32 Å². The zero-order chi connectivity index (χ0) is 19.1. The molecular weight excluding hydrogens is 354 g/mol. The minimum atomic E-state index is -2.55. The molecule has 27 heavy (non-hydrogen) atoms. The average Bonchev–Trinajstić information content (AvgIpc) is 3.05. The van der Waals surface area contributed by atoms with E-state index in [9.17, 15) is 0 Å². The third-order valence-electron chi connectivity index (χ3n) is 4.92. The molecule has 0 bridgehead atoms. The van der Waals surface area contributed by atoms with Crippen molar-refractivity contribution in [2.45, 2.75) is 39.7 Å². The normalized spacial score (nSPS) is 12.7. The van der Waals surface area contributed by atoms with Gasteiger partial charge in [-0.1, -0.05) is 36.4 Å². The van der Waals surface area contributed by atoms with Gasteiger partial charge in [-0.15, -0.1) is 0 Å². The standard InChI is InChI=1S/C22H31NO3Si/c1-4-24-27(25-5-2,26-6-3)16-10-15-23-22-14-9-13-20-19-12-8-7-11-18(19)17-21(20)22/h7-9,11-14,23H,4-6,10,15-17H2,1-3H3. The number of hydrogen-bond acceptors (Lipinski definition) is 4. The van der Waals surface area contributed by atoms with Crippen LogP contribution in [0.15, 0.2) is 42.5 Å². The van der Waals surface area contributed by atoms with Crippen LogP contribution in [0.2, 0.25) is 6.04 Å². The van der Waals surface area contributed by atoms with E-state index in [0.29, 0.717) is 19.8 Å². The minimum absolute atomic E-state index is 0.629. The zero-order valence-corrected chi connectivity index (χ0v) is 17.7. The van der Waals surface area contributed by atoms with Crippen LogP contribution in [0.25, 0.3) is 11.1 Å². The zero-order valence-electron chi connectivity index (χ0n) is 16.7. The molecule has 0 radical (unpaired) electrons. The Balaban J connectivity index is 1.61. The molecular formula is C22H31NO3Si. The lowest BCUT2D eigenvalue weighted by atomic mass is 10.0. The molecule has 0 saturated carbocycles. The van der Waals surface area contributed by atoms with E-state index in [2.05, 4.69) is 47.8 Å². The highest BCUT2D eigenvalue weighted by molar-refractivity contribution is 6.60. The summed E-state index contributed by atoms with van der Waals surface area (Å²) >= 11 is 0. The molecule has 5 heteroatoms. The van der Waals surface area contributed by atoms with Gasteiger partial charge in [-0.2, -0.15) is 0 Å². The van der Waals surface area contributed by atoms with Gasteiger partial charge in [0.05, 0.1) is 0 Å². The van der Waals surface area contributed by atoms with Crippen molar-refractivity contribution < 1.29 is 13.3 Å². The molecule has 0 saturated heterocycles. The maximum absolute atomic E-state index is 5.95. The van der Waals surface area contributed by atoms with Gasteiger partial charge in [0, 0.05) is 44.5 Å².